The van der Waals surface area contributed by atoms with E-state index in [1.807, 2.05) is 25.1 Å². The van der Waals surface area contributed by atoms with Crippen molar-refractivity contribution in [2.45, 2.75) is 19.8 Å². The molecule has 0 spiro atoms. The number of nitrogens with zero attached hydrogens (tertiary/aromatic N) is 1. The minimum absolute atomic E-state index is 0.0613. The molecule has 1 aromatic carbocycles. The van der Waals surface area contributed by atoms with Crippen LogP contribution in [-0.4, -0.2) is 33.7 Å². The second-order valence-electron chi connectivity index (χ2n) is 4.28. The number of hydrogen-bond acceptors (Lipinski definition) is 3. The number of benzene rings is 1. The van der Waals surface area contributed by atoms with E-state index in [0.29, 0.717) is 6.42 Å². The number of carbonyl (C=O) groups is 1. The van der Waals surface area contributed by atoms with Crippen molar-refractivity contribution in [1.82, 2.24) is 4.72 Å². The summed E-state index contributed by atoms with van der Waals surface area (Å²) in [6.45, 7) is 1.71. The fourth-order valence-corrected chi connectivity index (χ4v) is 2.65. The molecule has 1 N–H and O–H groups in total. The number of unbranched alkanes of at least 4 members (excludes halogenated alkanes) is 1. The summed E-state index contributed by atoms with van der Waals surface area (Å²) in [7, 11) is -1.73. The van der Waals surface area contributed by atoms with Crippen LogP contribution in [0.25, 0.3) is 0 Å². The Morgan fingerprint density at radius 2 is 1.89 bits per heavy atom. The van der Waals surface area contributed by atoms with Crippen molar-refractivity contribution in [1.29, 1.82) is 0 Å². The van der Waals surface area contributed by atoms with Gasteiger partial charge in [-0.15, -0.1) is 0 Å². The van der Waals surface area contributed by atoms with Crippen molar-refractivity contribution in [2.24, 2.45) is 0 Å². The van der Waals surface area contributed by atoms with E-state index in [2.05, 4.69) is 4.72 Å². The summed E-state index contributed by atoms with van der Waals surface area (Å²) in [6.07, 6.45) is 1.40. The van der Waals surface area contributed by atoms with Gasteiger partial charge in [0.15, 0.2) is 0 Å². The fourth-order valence-electron chi connectivity index (χ4n) is 1.49. The van der Waals surface area contributed by atoms with Gasteiger partial charge in [-0.05, 0) is 18.6 Å². The lowest BCUT2D eigenvalue weighted by atomic mass is 10.3. The Morgan fingerprint density at radius 3 is 2.47 bits per heavy atom. The third-order valence-corrected chi connectivity index (χ3v) is 4.14. The molecule has 0 aromatic heterocycles. The van der Waals surface area contributed by atoms with Crippen LogP contribution in [0.4, 0.5) is 5.69 Å². The lowest BCUT2D eigenvalue weighted by molar-refractivity contribution is -0.117. The molecule has 19 heavy (non-hydrogen) atoms. The van der Waals surface area contributed by atoms with Crippen molar-refractivity contribution in [3.63, 3.8) is 0 Å². The molecule has 5 nitrogen and oxygen atoms in total. The highest BCUT2D eigenvalue weighted by Gasteiger charge is 2.15. The molecule has 0 heterocycles. The number of sulfonamides is 1. The van der Waals surface area contributed by atoms with Gasteiger partial charge in [0, 0.05) is 12.7 Å². The molecule has 0 aliphatic heterocycles. The van der Waals surface area contributed by atoms with Crippen LogP contribution in [0.15, 0.2) is 30.3 Å². The zero-order chi connectivity index (χ0) is 14.3. The molecule has 0 radical (unpaired) electrons. The monoisotopic (exact) mass is 284 g/mol. The Labute approximate surface area is 114 Å². The van der Waals surface area contributed by atoms with Crippen LogP contribution in [0, 0.1) is 0 Å². The van der Waals surface area contributed by atoms with E-state index in [9.17, 15) is 13.2 Å². The summed E-state index contributed by atoms with van der Waals surface area (Å²) in [5, 5.41) is 0. The maximum atomic E-state index is 11.9. The van der Waals surface area contributed by atoms with Gasteiger partial charge in [-0.25, -0.2) is 13.1 Å². The summed E-state index contributed by atoms with van der Waals surface area (Å²) >= 11 is 0. The highest BCUT2D eigenvalue weighted by molar-refractivity contribution is 7.89. The Hall–Kier alpha value is -1.40. The first-order valence-electron chi connectivity index (χ1n) is 6.25. The van der Waals surface area contributed by atoms with Gasteiger partial charge < -0.3 is 4.90 Å². The SMILES string of the molecule is CCCCS(=O)(=O)NCC(=O)N(C)c1ccccc1. The maximum absolute atomic E-state index is 11.9. The van der Waals surface area contributed by atoms with Crippen LogP contribution >= 0.6 is 0 Å². The zero-order valence-electron chi connectivity index (χ0n) is 11.3. The number of rotatable bonds is 7. The van der Waals surface area contributed by atoms with Crippen LogP contribution in [0.2, 0.25) is 0 Å². The molecule has 0 fully saturated rings. The van der Waals surface area contributed by atoms with Gasteiger partial charge in [0.1, 0.15) is 0 Å². The normalized spacial score (nSPS) is 11.3. The lowest BCUT2D eigenvalue weighted by Gasteiger charge is -2.17. The highest BCUT2D eigenvalue weighted by atomic mass is 32.2. The quantitative estimate of drug-likeness (QED) is 0.822. The van der Waals surface area contributed by atoms with E-state index in [4.69, 9.17) is 0 Å². The Bertz CT molecular complexity index is 500. The molecule has 0 bridgehead atoms. The maximum Gasteiger partial charge on any atom is 0.241 e. The lowest BCUT2D eigenvalue weighted by Crippen LogP contribution is -2.39. The largest absolute Gasteiger partial charge is 0.314 e. The van der Waals surface area contributed by atoms with Crippen LogP contribution < -0.4 is 9.62 Å². The summed E-state index contributed by atoms with van der Waals surface area (Å²) < 4.78 is 25.5. The molecule has 6 heteroatoms. The second kappa shape index (κ2) is 7.25. The third kappa shape index (κ3) is 5.40. The number of carbonyl (C=O) groups excluding carboxylic acids is 1. The third-order valence-electron chi connectivity index (χ3n) is 2.73. The number of hydrogen-bond donors (Lipinski definition) is 1. The first-order valence-corrected chi connectivity index (χ1v) is 7.90. The summed E-state index contributed by atoms with van der Waals surface area (Å²) in [6, 6.07) is 9.09. The van der Waals surface area contributed by atoms with E-state index in [-0.39, 0.29) is 18.2 Å². The average Bonchev–Trinajstić information content (AvgIpc) is 2.43. The summed E-state index contributed by atoms with van der Waals surface area (Å²) in [4.78, 5) is 13.3. The van der Waals surface area contributed by atoms with Gasteiger partial charge in [-0.3, -0.25) is 4.79 Å². The Kier molecular flexibility index (Phi) is 5.98. The molecular weight excluding hydrogens is 264 g/mol. The highest BCUT2D eigenvalue weighted by Crippen LogP contribution is 2.10. The topological polar surface area (TPSA) is 66.5 Å². The van der Waals surface area contributed by atoms with E-state index >= 15 is 0 Å². The summed E-state index contributed by atoms with van der Waals surface area (Å²) in [5.74, 6) is -0.225. The molecule has 106 valence electrons. The van der Waals surface area contributed by atoms with Crippen molar-refractivity contribution < 1.29 is 13.2 Å². The van der Waals surface area contributed by atoms with Crippen molar-refractivity contribution in [3.8, 4) is 0 Å². The first kappa shape index (κ1) is 15.7. The molecule has 0 aliphatic carbocycles. The van der Waals surface area contributed by atoms with Crippen LogP contribution in [-0.2, 0) is 14.8 Å². The second-order valence-corrected chi connectivity index (χ2v) is 6.21. The predicted molar refractivity (Wildman–Crippen MR) is 76.5 cm³/mol. The van der Waals surface area contributed by atoms with Gasteiger partial charge >= 0.3 is 0 Å². The zero-order valence-corrected chi connectivity index (χ0v) is 12.1. The number of anilines is 1. The van der Waals surface area contributed by atoms with Gasteiger partial charge in [0.25, 0.3) is 0 Å². The molecule has 0 atom stereocenters. The van der Waals surface area contributed by atoms with Crippen molar-refractivity contribution >= 4 is 21.6 Å². The van der Waals surface area contributed by atoms with E-state index in [1.54, 1.807) is 19.2 Å². The molecule has 0 aliphatic rings. The van der Waals surface area contributed by atoms with Crippen molar-refractivity contribution in [3.05, 3.63) is 30.3 Å². The molecule has 1 rings (SSSR count). The smallest absolute Gasteiger partial charge is 0.241 e. The van der Waals surface area contributed by atoms with Crippen LogP contribution in [0.1, 0.15) is 19.8 Å². The number of amides is 1. The molecule has 1 amide bonds. The van der Waals surface area contributed by atoms with E-state index < -0.39 is 10.0 Å². The molecule has 0 saturated carbocycles. The number of para-hydroxylation sites is 1. The van der Waals surface area contributed by atoms with Gasteiger partial charge in [0.2, 0.25) is 15.9 Å². The fraction of sp³-hybridized carbons (Fsp3) is 0.462. The average molecular weight is 284 g/mol. The van der Waals surface area contributed by atoms with Crippen LogP contribution in [0.3, 0.4) is 0 Å². The minimum Gasteiger partial charge on any atom is -0.314 e. The standard InChI is InChI=1S/C13H20N2O3S/c1-3-4-10-19(17,18)14-11-13(16)15(2)12-8-6-5-7-9-12/h5-9,14H,3-4,10-11H2,1-2H3. The van der Waals surface area contributed by atoms with Gasteiger partial charge in [-0.2, -0.15) is 0 Å². The Balaban J connectivity index is 2.52. The van der Waals surface area contributed by atoms with Gasteiger partial charge in [0.05, 0.1) is 12.3 Å². The molecule has 0 unspecified atom stereocenters. The minimum atomic E-state index is -3.35. The predicted octanol–water partition coefficient (Wildman–Crippen LogP) is 1.37. The molecule has 0 saturated heterocycles. The van der Waals surface area contributed by atoms with E-state index in [0.717, 1.165) is 12.1 Å². The van der Waals surface area contributed by atoms with Crippen LogP contribution in [0.5, 0.6) is 0 Å². The molecular formula is C13H20N2O3S. The van der Waals surface area contributed by atoms with Crippen molar-refractivity contribution in [2.75, 3.05) is 24.2 Å². The van der Waals surface area contributed by atoms with E-state index in [1.165, 1.54) is 4.90 Å². The summed E-state index contributed by atoms with van der Waals surface area (Å²) in [5.41, 5.74) is 0.736. The molecule has 1 aromatic rings. The first-order chi connectivity index (χ1) is 8.96. The van der Waals surface area contributed by atoms with Gasteiger partial charge in [-0.1, -0.05) is 31.5 Å². The Morgan fingerprint density at radius 1 is 1.26 bits per heavy atom. The number of likely N-dealkylation sites (N-methyl/N-ethyl adjacent to an activating group) is 1. The number of nitrogens with one attached hydrogen (secondary N) is 1.